The summed E-state index contributed by atoms with van der Waals surface area (Å²) < 4.78 is 57.1. The Morgan fingerprint density at radius 1 is 1.21 bits per heavy atom. The van der Waals surface area contributed by atoms with E-state index in [1.165, 1.54) is 9.21 Å². The molecule has 0 saturated carbocycles. The summed E-state index contributed by atoms with van der Waals surface area (Å²) in [6.45, 7) is 6.39. The number of aromatic nitrogens is 2. The first-order valence-corrected chi connectivity index (χ1v) is 13.8. The summed E-state index contributed by atoms with van der Waals surface area (Å²) in [5.74, 6) is -0.0140. The number of hydrogen-bond acceptors (Lipinski definition) is 7. The van der Waals surface area contributed by atoms with Crippen LogP contribution in [0.2, 0.25) is 0 Å². The molecule has 4 rings (SSSR count). The normalized spacial score (nSPS) is 19.2. The minimum absolute atomic E-state index is 0.119. The highest BCUT2D eigenvalue weighted by Crippen LogP contribution is 2.35. The smallest absolute Gasteiger partial charge is 0.410 e. The molecule has 2 aromatic heterocycles. The van der Waals surface area contributed by atoms with E-state index in [4.69, 9.17) is 4.74 Å². The zero-order valence-corrected chi connectivity index (χ0v) is 20.7. The van der Waals surface area contributed by atoms with Gasteiger partial charge in [-0.2, -0.15) is 0 Å². The van der Waals surface area contributed by atoms with Gasteiger partial charge in [-0.3, -0.25) is 0 Å². The Kier molecular flexibility index (Phi) is 6.45. The topological polar surface area (TPSA) is 119 Å². The zero-order chi connectivity index (χ0) is 24.0. The molecule has 0 atom stereocenters. The number of fused-ring (bicyclic) bond motifs is 1. The molecule has 0 unspecified atom stereocenters. The molecular formula is C21H30N4O6S2. The molecule has 0 radical (unpaired) electrons. The Morgan fingerprint density at radius 3 is 2.48 bits per heavy atom. The summed E-state index contributed by atoms with van der Waals surface area (Å²) in [7, 11) is -6.11. The van der Waals surface area contributed by atoms with Crippen molar-refractivity contribution in [3.05, 3.63) is 30.1 Å². The number of sulfonamides is 1. The summed E-state index contributed by atoms with van der Waals surface area (Å²) in [5, 5.41) is 0.295. The molecule has 0 spiro atoms. The lowest BCUT2D eigenvalue weighted by Crippen LogP contribution is -2.61. The molecule has 0 aliphatic carbocycles. The maximum Gasteiger partial charge on any atom is 0.410 e. The monoisotopic (exact) mass is 498 g/mol. The Morgan fingerprint density at radius 2 is 1.88 bits per heavy atom. The third-order valence-electron chi connectivity index (χ3n) is 6.11. The van der Waals surface area contributed by atoms with Crippen LogP contribution in [-0.4, -0.2) is 78.7 Å². The van der Waals surface area contributed by atoms with Crippen LogP contribution in [0.1, 0.15) is 45.1 Å². The van der Waals surface area contributed by atoms with E-state index in [1.807, 2.05) is 18.3 Å². The molecule has 12 heteroatoms. The van der Waals surface area contributed by atoms with Crippen molar-refractivity contribution in [2.24, 2.45) is 0 Å². The molecule has 2 fully saturated rings. The summed E-state index contributed by atoms with van der Waals surface area (Å²) in [5.41, 5.74) is 1.01. The van der Waals surface area contributed by atoms with Crippen LogP contribution in [0.15, 0.2) is 24.5 Å². The van der Waals surface area contributed by atoms with Gasteiger partial charge in [-0.25, -0.2) is 30.9 Å². The predicted molar refractivity (Wildman–Crippen MR) is 124 cm³/mol. The average Bonchev–Trinajstić information content (AvgIpc) is 3.03. The fourth-order valence-electron chi connectivity index (χ4n) is 4.44. The van der Waals surface area contributed by atoms with Crippen molar-refractivity contribution in [3.8, 4) is 0 Å². The maximum absolute atomic E-state index is 13.1. The van der Waals surface area contributed by atoms with E-state index in [9.17, 15) is 21.6 Å². The van der Waals surface area contributed by atoms with Crippen molar-refractivity contribution in [2.45, 2.75) is 56.3 Å². The maximum atomic E-state index is 13.1. The molecule has 2 aliphatic heterocycles. The average molecular weight is 499 g/mol. The molecular weight excluding hydrogens is 468 g/mol. The first-order valence-electron chi connectivity index (χ1n) is 11.0. The predicted octanol–water partition coefficient (Wildman–Crippen LogP) is 1.73. The van der Waals surface area contributed by atoms with Crippen LogP contribution in [0.3, 0.4) is 0 Å². The molecule has 2 saturated heterocycles. The van der Waals surface area contributed by atoms with Gasteiger partial charge in [0.25, 0.3) is 0 Å². The molecule has 2 aliphatic rings. The van der Waals surface area contributed by atoms with Gasteiger partial charge in [0, 0.05) is 44.0 Å². The number of ether oxygens (including phenoxy) is 1. The molecule has 10 nitrogen and oxygen atoms in total. The van der Waals surface area contributed by atoms with E-state index in [0.29, 0.717) is 31.6 Å². The number of carbonyl (C=O) groups excluding carboxylic acids is 1. The van der Waals surface area contributed by atoms with Gasteiger partial charge in [0.05, 0.1) is 0 Å². The van der Waals surface area contributed by atoms with Crippen LogP contribution >= 0.6 is 0 Å². The van der Waals surface area contributed by atoms with Crippen molar-refractivity contribution in [2.75, 3.05) is 26.2 Å². The molecule has 1 amide bonds. The fourth-order valence-corrected chi connectivity index (χ4v) is 6.78. The highest BCUT2D eigenvalue weighted by atomic mass is 32.2. The minimum atomic E-state index is -3.51. The second-order valence-electron chi connectivity index (χ2n) is 9.63. The Balaban J connectivity index is 1.40. The number of pyridine rings is 1. The second kappa shape index (κ2) is 8.88. The van der Waals surface area contributed by atoms with Gasteiger partial charge in [0.1, 0.15) is 22.4 Å². The number of carbonyl (C=O) groups is 1. The summed E-state index contributed by atoms with van der Waals surface area (Å²) in [4.78, 5) is 17.9. The number of piperidine rings is 1. The molecule has 0 N–H and O–H groups in total. The van der Waals surface area contributed by atoms with Gasteiger partial charge in [-0.1, -0.05) is 0 Å². The number of likely N-dealkylation sites (tertiary alicyclic amines) is 1. The van der Waals surface area contributed by atoms with Gasteiger partial charge in [0.2, 0.25) is 10.0 Å². The minimum Gasteiger partial charge on any atom is -0.444 e. The molecule has 0 bridgehead atoms. The van der Waals surface area contributed by atoms with Crippen LogP contribution in [0.5, 0.6) is 0 Å². The number of rotatable bonds is 5. The lowest BCUT2D eigenvalue weighted by molar-refractivity contribution is 0.0135. The molecule has 2 aromatic rings. The molecule has 4 heterocycles. The largest absolute Gasteiger partial charge is 0.444 e. The number of thiol groups is 1. The summed E-state index contributed by atoms with van der Waals surface area (Å²) in [6.07, 6.45) is 4.26. The Hall–Kier alpha value is -2.18. The lowest BCUT2D eigenvalue weighted by atomic mass is 9.90. The third kappa shape index (κ3) is 5.02. The van der Waals surface area contributed by atoms with Gasteiger partial charge >= 0.3 is 6.09 Å². The van der Waals surface area contributed by atoms with Gasteiger partial charge < -0.3 is 14.2 Å². The lowest BCUT2D eigenvalue weighted by Gasteiger charge is -2.42. The van der Waals surface area contributed by atoms with Crippen molar-refractivity contribution < 1.29 is 26.4 Å². The highest BCUT2D eigenvalue weighted by Gasteiger charge is 2.45. The third-order valence-corrected chi connectivity index (χ3v) is 8.87. The fraction of sp³-hybridized carbons (Fsp3) is 0.619. The van der Waals surface area contributed by atoms with Crippen molar-refractivity contribution >= 4 is 37.9 Å². The summed E-state index contributed by atoms with van der Waals surface area (Å²) >= 11 is 0. The highest BCUT2D eigenvalue weighted by molar-refractivity contribution is 7.89. The van der Waals surface area contributed by atoms with Crippen LogP contribution in [-0.2, 0) is 31.3 Å². The van der Waals surface area contributed by atoms with Crippen LogP contribution in [0.4, 0.5) is 4.79 Å². The molecule has 0 aromatic carbocycles. The number of amides is 1. The zero-order valence-electron chi connectivity index (χ0n) is 19.0. The van der Waals surface area contributed by atoms with Gasteiger partial charge in [0.15, 0.2) is 10.7 Å². The molecule has 33 heavy (non-hydrogen) atoms. The molecule has 182 valence electrons. The van der Waals surface area contributed by atoms with Crippen LogP contribution in [0, 0.1) is 0 Å². The first-order chi connectivity index (χ1) is 15.5. The summed E-state index contributed by atoms with van der Waals surface area (Å²) in [6, 6.07) is 3.74. The standard InChI is InChI=1S/C21H30N4O6S2/c1-21(2,3)31-20(26)23-11-16(12-23)33(29,30)25-9-6-15(7-10-25)18-13-24(14-32(27)28)19-17(18)5-4-8-22-19/h4-5,8,13,15-16,32H,6-7,9-12,14H2,1-3H3. The Bertz CT molecular complexity index is 1210. The van der Waals surface area contributed by atoms with E-state index < -0.39 is 37.7 Å². The van der Waals surface area contributed by atoms with Crippen LogP contribution in [0.25, 0.3) is 11.0 Å². The SMILES string of the molecule is CC(C)(C)OC(=O)N1CC(S(=O)(=O)N2CCC(c3cn(C[SH](=O)=O)c4ncccc34)CC2)C1. The van der Waals surface area contributed by atoms with E-state index in [2.05, 4.69) is 4.98 Å². The second-order valence-corrected chi connectivity index (χ2v) is 12.8. The van der Waals surface area contributed by atoms with E-state index in [1.54, 1.807) is 31.5 Å². The van der Waals surface area contributed by atoms with E-state index >= 15 is 0 Å². The Labute approximate surface area is 195 Å². The van der Waals surface area contributed by atoms with Gasteiger partial charge in [-0.15, -0.1) is 0 Å². The van der Waals surface area contributed by atoms with E-state index in [-0.39, 0.29) is 24.9 Å². The van der Waals surface area contributed by atoms with Crippen molar-refractivity contribution in [1.82, 2.24) is 18.8 Å². The van der Waals surface area contributed by atoms with Crippen molar-refractivity contribution in [1.29, 1.82) is 0 Å². The van der Waals surface area contributed by atoms with Gasteiger partial charge in [-0.05, 0) is 57.2 Å². The first kappa shape index (κ1) is 24.0. The number of nitrogens with zero attached hydrogens (tertiary/aromatic N) is 4. The van der Waals surface area contributed by atoms with Crippen molar-refractivity contribution in [3.63, 3.8) is 0 Å². The van der Waals surface area contributed by atoms with E-state index in [0.717, 1.165) is 10.9 Å². The quantitative estimate of drug-likeness (QED) is 0.624. The van der Waals surface area contributed by atoms with Crippen LogP contribution < -0.4 is 0 Å². The number of hydrogen-bond donors (Lipinski definition) is 1.